The second-order valence-corrected chi connectivity index (χ2v) is 7.78. The van der Waals surface area contributed by atoms with Crippen molar-refractivity contribution in [1.82, 2.24) is 9.78 Å². The van der Waals surface area contributed by atoms with Crippen LogP contribution in [0, 0.1) is 6.92 Å². The maximum atomic E-state index is 12.6. The lowest BCUT2D eigenvalue weighted by molar-refractivity contribution is 0.102. The maximum absolute atomic E-state index is 12.6. The van der Waals surface area contributed by atoms with Gasteiger partial charge in [-0.2, -0.15) is 13.9 Å². The largest absolute Gasteiger partial charge is 0.306 e. The van der Waals surface area contributed by atoms with Crippen LogP contribution in [0.25, 0.3) is 11.1 Å². The highest BCUT2D eigenvalue weighted by atomic mass is 79.9. The summed E-state index contributed by atoms with van der Waals surface area (Å²) >= 11 is 3.86. The quantitative estimate of drug-likeness (QED) is 0.504. The van der Waals surface area contributed by atoms with Crippen molar-refractivity contribution in [2.45, 2.75) is 17.6 Å². The first-order chi connectivity index (χ1) is 12.8. The lowest BCUT2D eigenvalue weighted by Gasteiger charge is -2.10. The zero-order valence-corrected chi connectivity index (χ0v) is 16.9. The van der Waals surface area contributed by atoms with Crippen molar-refractivity contribution in [3.8, 4) is 11.1 Å². The highest BCUT2D eigenvalue weighted by Gasteiger charge is 2.18. The zero-order chi connectivity index (χ0) is 19.6. The number of nitrogens with zero attached hydrogens (tertiary/aromatic N) is 2. The Kier molecular flexibility index (Phi) is 5.96. The Morgan fingerprint density at radius 2 is 1.78 bits per heavy atom. The number of hydrogen-bond donors (Lipinski definition) is 1. The number of anilines is 1. The molecular formula is C19H16BrF2N3OS. The third kappa shape index (κ3) is 4.56. The molecule has 1 aromatic heterocycles. The average Bonchev–Trinajstić information content (AvgIpc) is 2.89. The normalized spacial score (nSPS) is 11.0. The lowest BCUT2D eigenvalue weighted by Crippen LogP contribution is -2.15. The molecule has 0 aliphatic heterocycles. The zero-order valence-electron chi connectivity index (χ0n) is 14.5. The highest BCUT2D eigenvalue weighted by molar-refractivity contribution is 9.10. The Hall–Kier alpha value is -2.19. The third-order valence-corrected chi connectivity index (χ3v) is 5.18. The molecule has 0 radical (unpaired) electrons. The molecule has 4 nitrogen and oxygen atoms in total. The molecule has 0 aliphatic rings. The first kappa shape index (κ1) is 19.6. The summed E-state index contributed by atoms with van der Waals surface area (Å²) in [5.74, 6) is -2.24. The molecule has 0 unspecified atom stereocenters. The van der Waals surface area contributed by atoms with E-state index in [1.807, 2.05) is 31.2 Å². The van der Waals surface area contributed by atoms with E-state index in [1.54, 1.807) is 11.7 Å². The summed E-state index contributed by atoms with van der Waals surface area (Å²) in [5, 5.41) is 7.29. The van der Waals surface area contributed by atoms with Gasteiger partial charge in [0.2, 0.25) is 0 Å². The fourth-order valence-electron chi connectivity index (χ4n) is 2.73. The van der Waals surface area contributed by atoms with E-state index in [1.165, 1.54) is 24.3 Å². The molecule has 0 bridgehead atoms. The van der Waals surface area contributed by atoms with E-state index < -0.39 is 5.76 Å². The van der Waals surface area contributed by atoms with Gasteiger partial charge >= 0.3 is 0 Å². The lowest BCUT2D eigenvalue weighted by atomic mass is 10.1. The van der Waals surface area contributed by atoms with Gasteiger partial charge in [0, 0.05) is 27.5 Å². The average molecular weight is 452 g/mol. The number of halogens is 3. The minimum atomic E-state index is -2.49. The van der Waals surface area contributed by atoms with Crippen molar-refractivity contribution < 1.29 is 13.6 Å². The molecule has 1 N–H and O–H groups in total. The SMILES string of the molecule is Cc1nn(C)c(NC(=O)c2ccc(SC(F)F)cc2)c1-c1ccc(Br)cc1. The number of alkyl halides is 2. The van der Waals surface area contributed by atoms with E-state index in [0.717, 1.165) is 21.3 Å². The number of rotatable bonds is 5. The van der Waals surface area contributed by atoms with Gasteiger partial charge in [0.15, 0.2) is 0 Å². The van der Waals surface area contributed by atoms with Crippen LogP contribution in [0.3, 0.4) is 0 Å². The second kappa shape index (κ2) is 8.22. The van der Waals surface area contributed by atoms with Gasteiger partial charge in [0.25, 0.3) is 11.7 Å². The smallest absolute Gasteiger partial charge is 0.288 e. The number of benzene rings is 2. The Morgan fingerprint density at radius 3 is 2.37 bits per heavy atom. The number of carbonyl (C=O) groups excluding carboxylic acids is 1. The summed E-state index contributed by atoms with van der Waals surface area (Å²) < 4.78 is 27.4. The summed E-state index contributed by atoms with van der Waals surface area (Å²) in [7, 11) is 1.76. The van der Waals surface area contributed by atoms with E-state index in [9.17, 15) is 13.6 Å². The molecule has 0 saturated heterocycles. The summed E-state index contributed by atoms with van der Waals surface area (Å²) in [6.07, 6.45) is 0. The molecule has 0 fully saturated rings. The van der Waals surface area contributed by atoms with Gasteiger partial charge in [-0.05, 0) is 48.9 Å². The number of amides is 1. The predicted octanol–water partition coefficient (Wildman–Crippen LogP) is 5.73. The van der Waals surface area contributed by atoms with Crippen LogP contribution in [-0.2, 0) is 7.05 Å². The number of aromatic nitrogens is 2. The van der Waals surface area contributed by atoms with Crippen LogP contribution in [0.2, 0.25) is 0 Å². The van der Waals surface area contributed by atoms with Gasteiger partial charge in [-0.1, -0.05) is 39.8 Å². The van der Waals surface area contributed by atoms with E-state index in [4.69, 9.17) is 0 Å². The molecule has 1 heterocycles. The monoisotopic (exact) mass is 451 g/mol. The van der Waals surface area contributed by atoms with Crippen LogP contribution in [0.1, 0.15) is 16.1 Å². The van der Waals surface area contributed by atoms with Crippen LogP contribution in [0.15, 0.2) is 57.9 Å². The molecule has 0 saturated carbocycles. The predicted molar refractivity (Wildman–Crippen MR) is 107 cm³/mol. The van der Waals surface area contributed by atoms with Crippen LogP contribution >= 0.6 is 27.7 Å². The van der Waals surface area contributed by atoms with Gasteiger partial charge in [-0.15, -0.1) is 0 Å². The molecule has 8 heteroatoms. The fraction of sp³-hybridized carbons (Fsp3) is 0.158. The van der Waals surface area contributed by atoms with E-state index >= 15 is 0 Å². The number of thioether (sulfide) groups is 1. The van der Waals surface area contributed by atoms with Gasteiger partial charge in [-0.3, -0.25) is 9.48 Å². The van der Waals surface area contributed by atoms with Crippen molar-refractivity contribution in [2.75, 3.05) is 5.32 Å². The molecule has 1 amide bonds. The van der Waals surface area contributed by atoms with Crippen molar-refractivity contribution in [1.29, 1.82) is 0 Å². The molecule has 0 atom stereocenters. The Balaban J connectivity index is 1.87. The molecule has 0 spiro atoms. The number of aryl methyl sites for hydroxylation is 2. The molecule has 2 aromatic carbocycles. The summed E-state index contributed by atoms with van der Waals surface area (Å²) in [5.41, 5.74) is 2.94. The maximum Gasteiger partial charge on any atom is 0.288 e. The van der Waals surface area contributed by atoms with Crippen LogP contribution < -0.4 is 5.32 Å². The Bertz CT molecular complexity index is 956. The van der Waals surface area contributed by atoms with Crippen molar-refractivity contribution in [3.05, 3.63) is 64.3 Å². The molecule has 3 aromatic rings. The minimum absolute atomic E-state index is 0.329. The van der Waals surface area contributed by atoms with Crippen molar-refractivity contribution in [3.63, 3.8) is 0 Å². The standard InChI is InChI=1S/C19H16BrF2N3OS/c1-11-16(12-3-7-14(20)8-4-12)17(25(2)24-11)23-18(26)13-5-9-15(10-6-13)27-19(21)22/h3-10,19H,1-2H3,(H,23,26). The number of carbonyl (C=O) groups is 1. The first-order valence-corrected chi connectivity index (χ1v) is 9.68. The van der Waals surface area contributed by atoms with Crippen LogP contribution in [0.5, 0.6) is 0 Å². The number of nitrogens with one attached hydrogen (secondary N) is 1. The minimum Gasteiger partial charge on any atom is -0.306 e. The Morgan fingerprint density at radius 1 is 1.15 bits per heavy atom. The van der Waals surface area contributed by atoms with Crippen molar-refractivity contribution >= 4 is 39.4 Å². The molecular weight excluding hydrogens is 436 g/mol. The van der Waals surface area contributed by atoms with Gasteiger partial charge in [-0.25, -0.2) is 0 Å². The highest BCUT2D eigenvalue weighted by Crippen LogP contribution is 2.32. The fourth-order valence-corrected chi connectivity index (χ4v) is 3.49. The summed E-state index contributed by atoms with van der Waals surface area (Å²) in [6, 6.07) is 13.8. The first-order valence-electron chi connectivity index (χ1n) is 8.01. The topological polar surface area (TPSA) is 46.9 Å². The van der Waals surface area contributed by atoms with Crippen molar-refractivity contribution in [2.24, 2.45) is 7.05 Å². The summed E-state index contributed by atoms with van der Waals surface area (Å²) in [4.78, 5) is 13.0. The molecule has 140 valence electrons. The second-order valence-electron chi connectivity index (χ2n) is 5.80. The molecule has 27 heavy (non-hydrogen) atoms. The molecule has 0 aliphatic carbocycles. The molecule has 3 rings (SSSR count). The van der Waals surface area contributed by atoms with E-state index in [0.29, 0.717) is 28.0 Å². The summed E-state index contributed by atoms with van der Waals surface area (Å²) in [6.45, 7) is 1.88. The third-order valence-electron chi connectivity index (χ3n) is 3.93. The van der Waals surface area contributed by atoms with E-state index in [2.05, 4.69) is 26.3 Å². The van der Waals surface area contributed by atoms with Crippen LogP contribution in [0.4, 0.5) is 14.6 Å². The van der Waals surface area contributed by atoms with Gasteiger partial charge in [0.05, 0.1) is 5.69 Å². The Labute approximate surface area is 168 Å². The van der Waals surface area contributed by atoms with E-state index in [-0.39, 0.29) is 5.91 Å². The van der Waals surface area contributed by atoms with Gasteiger partial charge in [0.1, 0.15) is 5.82 Å². The van der Waals surface area contributed by atoms with Gasteiger partial charge < -0.3 is 5.32 Å². The number of hydrogen-bond acceptors (Lipinski definition) is 3. The van der Waals surface area contributed by atoms with Crippen LogP contribution in [-0.4, -0.2) is 21.4 Å².